The lowest BCUT2D eigenvalue weighted by Crippen LogP contribution is -2.66. The van der Waals surface area contributed by atoms with Gasteiger partial charge in [0.15, 0.2) is 25.0 Å². The molecule has 15 atom stereocenters. The van der Waals surface area contributed by atoms with Crippen LogP contribution >= 0.6 is 0 Å². The van der Waals surface area contributed by atoms with Crippen molar-refractivity contribution in [1.82, 2.24) is 0 Å². The summed E-state index contributed by atoms with van der Waals surface area (Å²) in [5.41, 5.74) is 0. The third-order valence-electron chi connectivity index (χ3n) is 6.38. The Morgan fingerprint density at radius 1 is 0.513 bits per heavy atom. The number of rotatable bonds is 8. The zero-order chi connectivity index (χ0) is 29.6. The highest BCUT2D eigenvalue weighted by atomic mass is 32.3. The molecule has 0 spiro atoms. The Morgan fingerprint density at radius 2 is 1.00 bits per heavy atom. The molecule has 3 heterocycles. The van der Waals surface area contributed by atoms with E-state index in [9.17, 15) is 56.6 Å². The molecule has 0 bridgehead atoms. The van der Waals surface area contributed by atoms with Gasteiger partial charge in [-0.2, -0.15) is 16.8 Å². The molecule has 0 aromatic rings. The first-order chi connectivity index (χ1) is 17.8. The molecule has 3 fully saturated rings. The molecule has 3 saturated heterocycles. The summed E-state index contributed by atoms with van der Waals surface area (Å²) >= 11 is 0. The summed E-state index contributed by atoms with van der Waals surface area (Å²) in [5, 5.41) is 61.0. The van der Waals surface area contributed by atoms with Gasteiger partial charge in [-0.15, -0.1) is 0 Å². The van der Waals surface area contributed by atoms with Crippen molar-refractivity contribution in [3.8, 4) is 0 Å². The standard InChI is InChI=1S/C18H32O19S2/c1-4-7(19)9(21)10(22)17(32-4)35-14-12(36-38(25,26)27)6(3)33-18(15(14)37-39(28,29)30)34-13-8(20)5(2)31-16(24)11(13)23/h4-24H,1-3H3,(H,25,26,27)(H,28,29,30)/t4-,5-,6-,7+,8+,9+,10-,11-,12+,13+,14+,15-,16-,17+,18+/m0/s1. The smallest absolute Gasteiger partial charge is 0.388 e. The molecular weight excluding hydrogens is 584 g/mol. The van der Waals surface area contributed by atoms with Crippen LogP contribution in [0.3, 0.4) is 0 Å². The van der Waals surface area contributed by atoms with Gasteiger partial charge < -0.3 is 54.3 Å². The zero-order valence-electron chi connectivity index (χ0n) is 20.5. The van der Waals surface area contributed by atoms with Gasteiger partial charge in [-0.3, -0.25) is 9.11 Å². The van der Waals surface area contributed by atoms with E-state index in [0.717, 1.165) is 6.92 Å². The average molecular weight is 617 g/mol. The molecule has 0 unspecified atom stereocenters. The Morgan fingerprint density at radius 3 is 1.56 bits per heavy atom. The normalized spacial score (nSPS) is 48.1. The highest BCUT2D eigenvalue weighted by molar-refractivity contribution is 7.81. The van der Waals surface area contributed by atoms with Crippen LogP contribution in [0.15, 0.2) is 0 Å². The third-order valence-corrected chi connectivity index (χ3v) is 7.31. The maximum atomic E-state index is 11.7. The van der Waals surface area contributed by atoms with Crippen molar-refractivity contribution in [3.63, 3.8) is 0 Å². The quantitative estimate of drug-likeness (QED) is 0.119. The molecule has 8 N–H and O–H groups in total. The van der Waals surface area contributed by atoms with E-state index >= 15 is 0 Å². The molecule has 0 saturated carbocycles. The summed E-state index contributed by atoms with van der Waals surface area (Å²) in [6.07, 6.45) is -26.9. The molecule has 3 aliphatic rings. The second kappa shape index (κ2) is 12.3. The Hall–Kier alpha value is -0.700. The lowest BCUT2D eigenvalue weighted by Gasteiger charge is -2.48. The first kappa shape index (κ1) is 32.8. The second-order valence-corrected chi connectivity index (χ2v) is 11.4. The molecule has 0 aromatic carbocycles. The lowest BCUT2D eigenvalue weighted by atomic mass is 9.96. The zero-order valence-corrected chi connectivity index (χ0v) is 22.2. The Labute approximate surface area is 222 Å². The molecule has 3 aliphatic heterocycles. The summed E-state index contributed by atoms with van der Waals surface area (Å²) in [6, 6.07) is 0. The highest BCUT2D eigenvalue weighted by Gasteiger charge is 2.55. The molecule has 0 radical (unpaired) electrons. The van der Waals surface area contributed by atoms with Crippen LogP contribution in [0.1, 0.15) is 20.8 Å². The van der Waals surface area contributed by atoms with Gasteiger partial charge in [0.25, 0.3) is 0 Å². The monoisotopic (exact) mass is 616 g/mol. The summed E-state index contributed by atoms with van der Waals surface area (Å²) in [4.78, 5) is 0. The minimum Gasteiger partial charge on any atom is -0.388 e. The maximum Gasteiger partial charge on any atom is 0.397 e. The fourth-order valence-corrected chi connectivity index (χ4v) is 5.39. The van der Waals surface area contributed by atoms with Crippen LogP contribution < -0.4 is 0 Å². The highest BCUT2D eigenvalue weighted by Crippen LogP contribution is 2.35. The largest absolute Gasteiger partial charge is 0.397 e. The minimum atomic E-state index is -5.45. The summed E-state index contributed by atoms with van der Waals surface area (Å²) in [5.74, 6) is 0. The van der Waals surface area contributed by atoms with Crippen molar-refractivity contribution < 1.29 is 88.6 Å². The van der Waals surface area contributed by atoms with Gasteiger partial charge in [-0.05, 0) is 20.8 Å². The van der Waals surface area contributed by atoms with Crippen molar-refractivity contribution in [1.29, 1.82) is 0 Å². The first-order valence-electron chi connectivity index (χ1n) is 11.5. The number of aliphatic hydroxyl groups excluding tert-OH is 6. The van der Waals surface area contributed by atoms with E-state index in [1.165, 1.54) is 13.8 Å². The first-order valence-corrected chi connectivity index (χ1v) is 14.2. The van der Waals surface area contributed by atoms with Crippen molar-refractivity contribution in [2.45, 2.75) is 113 Å². The van der Waals surface area contributed by atoms with Crippen molar-refractivity contribution in [2.24, 2.45) is 0 Å². The van der Waals surface area contributed by atoms with E-state index in [-0.39, 0.29) is 0 Å². The van der Waals surface area contributed by atoms with Crippen LogP contribution in [-0.4, -0.2) is 149 Å². The summed E-state index contributed by atoms with van der Waals surface area (Å²) in [6.45, 7) is 3.71. The summed E-state index contributed by atoms with van der Waals surface area (Å²) in [7, 11) is -10.8. The van der Waals surface area contributed by atoms with Gasteiger partial charge in [0.05, 0.1) is 18.3 Å². The number of hydrogen-bond acceptors (Lipinski definition) is 17. The van der Waals surface area contributed by atoms with E-state index in [4.69, 9.17) is 23.7 Å². The third kappa shape index (κ3) is 7.78. The molecule has 39 heavy (non-hydrogen) atoms. The molecular formula is C18H32O19S2. The predicted molar refractivity (Wildman–Crippen MR) is 118 cm³/mol. The fourth-order valence-electron chi connectivity index (χ4n) is 4.36. The number of hydrogen-bond donors (Lipinski definition) is 8. The van der Waals surface area contributed by atoms with E-state index in [2.05, 4.69) is 8.37 Å². The Kier molecular flexibility index (Phi) is 10.3. The molecule has 0 aromatic heterocycles. The lowest BCUT2D eigenvalue weighted by molar-refractivity contribution is -0.368. The van der Waals surface area contributed by atoms with E-state index in [0.29, 0.717) is 0 Å². The topological polar surface area (TPSA) is 295 Å². The van der Waals surface area contributed by atoms with Crippen molar-refractivity contribution >= 4 is 20.8 Å². The van der Waals surface area contributed by atoms with Gasteiger partial charge in [0.2, 0.25) is 0 Å². The van der Waals surface area contributed by atoms with Crippen LogP contribution in [-0.2, 0) is 52.8 Å². The van der Waals surface area contributed by atoms with E-state index in [1.807, 2.05) is 0 Å². The maximum absolute atomic E-state index is 11.7. The average Bonchev–Trinajstić information content (AvgIpc) is 2.80. The molecule has 19 nitrogen and oxygen atoms in total. The van der Waals surface area contributed by atoms with Crippen molar-refractivity contribution in [3.05, 3.63) is 0 Å². The van der Waals surface area contributed by atoms with Gasteiger partial charge in [0, 0.05) is 0 Å². The number of aliphatic hydroxyl groups is 6. The molecule has 3 rings (SSSR count). The second-order valence-electron chi connectivity index (χ2n) is 9.28. The summed E-state index contributed by atoms with van der Waals surface area (Å²) < 4.78 is 101. The van der Waals surface area contributed by atoms with Crippen LogP contribution in [0.4, 0.5) is 0 Å². The Bertz CT molecular complexity index is 1020. The van der Waals surface area contributed by atoms with Crippen LogP contribution in [0.2, 0.25) is 0 Å². The minimum absolute atomic E-state index is 1.13. The molecule has 230 valence electrons. The van der Waals surface area contributed by atoms with E-state index < -0.39 is 113 Å². The van der Waals surface area contributed by atoms with Gasteiger partial charge in [-0.1, -0.05) is 0 Å². The van der Waals surface area contributed by atoms with Gasteiger partial charge in [-0.25, -0.2) is 8.37 Å². The molecule has 0 amide bonds. The van der Waals surface area contributed by atoms with Gasteiger partial charge >= 0.3 is 20.8 Å². The molecule has 21 heteroatoms. The SMILES string of the molecule is C[C@@H]1O[C@H](O[C@H]2[C@H](OS(=O)(=O)O)[C@@H](O[C@@H]3[C@H](O)[C@H](C)O[C@H](O)[C@H]3O)O[C@@H](C)[C@H]2OS(=O)(=O)O)[C@@H](O)[C@H](O)[C@@H]1O. The van der Waals surface area contributed by atoms with Crippen LogP contribution in [0, 0.1) is 0 Å². The number of ether oxygens (including phenoxy) is 5. The fraction of sp³-hybridized carbons (Fsp3) is 1.00. The Balaban J connectivity index is 2.02. The van der Waals surface area contributed by atoms with E-state index in [1.54, 1.807) is 0 Å². The van der Waals surface area contributed by atoms with Crippen LogP contribution in [0.5, 0.6) is 0 Å². The predicted octanol–water partition coefficient (Wildman–Crippen LogP) is -4.84. The van der Waals surface area contributed by atoms with Crippen molar-refractivity contribution in [2.75, 3.05) is 0 Å². The molecule has 0 aliphatic carbocycles. The van der Waals surface area contributed by atoms with Crippen LogP contribution in [0.25, 0.3) is 0 Å². The van der Waals surface area contributed by atoms with Gasteiger partial charge in [0.1, 0.15) is 48.8 Å².